The Kier molecular flexibility index (Phi) is 3.85. The number of pyridine rings is 1. The minimum Gasteiger partial charge on any atom is -0.383 e. The van der Waals surface area contributed by atoms with Crippen molar-refractivity contribution in [3.63, 3.8) is 0 Å². The Morgan fingerprint density at radius 3 is 2.64 bits per heavy atom. The molecule has 2 N–H and O–H groups in total. The summed E-state index contributed by atoms with van der Waals surface area (Å²) in [5, 5.41) is 2.51. The highest BCUT2D eigenvalue weighted by atomic mass is 35.5. The van der Waals surface area contributed by atoms with Gasteiger partial charge in [-0.1, -0.05) is 29.5 Å². The highest BCUT2D eigenvalue weighted by Crippen LogP contribution is 2.24. The quantitative estimate of drug-likeness (QED) is 0.530. The minimum atomic E-state index is 0.400. The average molecular weight is 345 g/mol. The second-order valence-electron chi connectivity index (χ2n) is 5.52. The van der Waals surface area contributed by atoms with Crippen molar-refractivity contribution in [3.05, 3.63) is 83.5 Å². The Hall–Kier alpha value is -3.29. The molecule has 2 aromatic carbocycles. The van der Waals surface area contributed by atoms with Gasteiger partial charge in [-0.05, 0) is 36.4 Å². The molecule has 0 saturated heterocycles. The lowest BCUT2D eigenvalue weighted by Crippen LogP contribution is -1.95. The van der Waals surface area contributed by atoms with E-state index in [4.69, 9.17) is 17.3 Å². The molecule has 4 aromatic rings. The SMILES string of the molecule is Nc1ncc2ccc(Cl)cc2c1C#Cc1ccc(-n2ccnc2)cc1. The summed E-state index contributed by atoms with van der Waals surface area (Å²) in [6.45, 7) is 0. The van der Waals surface area contributed by atoms with Crippen molar-refractivity contribution < 1.29 is 0 Å². The fourth-order valence-corrected chi connectivity index (χ4v) is 2.77. The first-order chi connectivity index (χ1) is 12.2. The van der Waals surface area contributed by atoms with Crippen LogP contribution >= 0.6 is 11.6 Å². The zero-order chi connectivity index (χ0) is 17.2. The Morgan fingerprint density at radius 1 is 1.04 bits per heavy atom. The average Bonchev–Trinajstić information content (AvgIpc) is 3.16. The van der Waals surface area contributed by atoms with Gasteiger partial charge in [0.15, 0.2) is 0 Å². The van der Waals surface area contributed by atoms with Crippen molar-refractivity contribution in [2.45, 2.75) is 0 Å². The monoisotopic (exact) mass is 344 g/mol. The van der Waals surface area contributed by atoms with Gasteiger partial charge in [0.25, 0.3) is 0 Å². The van der Waals surface area contributed by atoms with E-state index in [-0.39, 0.29) is 0 Å². The number of rotatable bonds is 1. The summed E-state index contributed by atoms with van der Waals surface area (Å²) in [7, 11) is 0. The molecular formula is C20H13ClN4. The van der Waals surface area contributed by atoms with Crippen molar-refractivity contribution in [2.75, 3.05) is 5.73 Å². The molecule has 2 aromatic heterocycles. The van der Waals surface area contributed by atoms with E-state index in [1.807, 2.05) is 53.2 Å². The predicted octanol–water partition coefficient (Wildman–Crippen LogP) is 4.06. The van der Waals surface area contributed by atoms with Crippen LogP contribution in [-0.2, 0) is 0 Å². The van der Waals surface area contributed by atoms with Crippen LogP contribution in [0.2, 0.25) is 5.02 Å². The molecule has 0 aliphatic heterocycles. The third-order valence-corrected chi connectivity index (χ3v) is 4.12. The van der Waals surface area contributed by atoms with Crippen LogP contribution in [0.15, 0.2) is 67.4 Å². The largest absolute Gasteiger partial charge is 0.383 e. The number of nitrogens with zero attached hydrogens (tertiary/aromatic N) is 3. The van der Waals surface area contributed by atoms with E-state index in [1.165, 1.54) is 0 Å². The van der Waals surface area contributed by atoms with Crippen LogP contribution in [0.5, 0.6) is 0 Å². The number of anilines is 1. The molecule has 120 valence electrons. The number of nitrogens with two attached hydrogens (primary N) is 1. The van der Waals surface area contributed by atoms with Crippen molar-refractivity contribution in [1.29, 1.82) is 0 Å². The van der Waals surface area contributed by atoms with E-state index in [1.54, 1.807) is 18.7 Å². The van der Waals surface area contributed by atoms with E-state index in [0.29, 0.717) is 16.4 Å². The van der Waals surface area contributed by atoms with E-state index in [9.17, 15) is 0 Å². The maximum Gasteiger partial charge on any atom is 0.139 e. The Balaban J connectivity index is 1.73. The third-order valence-electron chi connectivity index (χ3n) is 3.89. The molecule has 0 bridgehead atoms. The number of nitrogen functional groups attached to an aromatic ring is 1. The lowest BCUT2D eigenvalue weighted by atomic mass is 10.1. The summed E-state index contributed by atoms with van der Waals surface area (Å²) in [6, 6.07) is 13.5. The van der Waals surface area contributed by atoms with Crippen molar-refractivity contribution in [1.82, 2.24) is 14.5 Å². The van der Waals surface area contributed by atoms with Crippen molar-refractivity contribution in [2.24, 2.45) is 0 Å². The van der Waals surface area contributed by atoms with Crippen LogP contribution < -0.4 is 5.73 Å². The molecule has 0 fully saturated rings. The maximum atomic E-state index is 6.11. The molecule has 0 aliphatic rings. The molecule has 0 saturated carbocycles. The Morgan fingerprint density at radius 2 is 1.88 bits per heavy atom. The standard InChI is InChI=1S/C20H13ClN4/c21-16-5-4-15-12-24-20(22)18(19(15)11-16)8-3-14-1-6-17(7-2-14)25-10-9-23-13-25/h1-2,4-7,9-13H,(H2,22,24). The second kappa shape index (κ2) is 6.31. The topological polar surface area (TPSA) is 56.7 Å². The fraction of sp³-hybridized carbons (Fsp3) is 0. The van der Waals surface area contributed by atoms with Crippen LogP contribution in [-0.4, -0.2) is 14.5 Å². The highest BCUT2D eigenvalue weighted by Gasteiger charge is 2.05. The number of fused-ring (bicyclic) bond motifs is 1. The van der Waals surface area contributed by atoms with Gasteiger partial charge in [-0.2, -0.15) is 0 Å². The van der Waals surface area contributed by atoms with Crippen LogP contribution in [0.4, 0.5) is 5.82 Å². The number of halogens is 1. The second-order valence-corrected chi connectivity index (χ2v) is 5.95. The molecule has 4 nitrogen and oxygen atoms in total. The van der Waals surface area contributed by atoms with Gasteiger partial charge in [0.2, 0.25) is 0 Å². The zero-order valence-electron chi connectivity index (χ0n) is 13.1. The van der Waals surface area contributed by atoms with Gasteiger partial charge in [-0.25, -0.2) is 9.97 Å². The van der Waals surface area contributed by atoms with Crippen LogP contribution in [0.3, 0.4) is 0 Å². The molecule has 0 aliphatic carbocycles. The number of imidazole rings is 1. The van der Waals surface area contributed by atoms with Gasteiger partial charge in [-0.15, -0.1) is 0 Å². The smallest absolute Gasteiger partial charge is 0.139 e. The number of hydrogen-bond acceptors (Lipinski definition) is 3. The van der Waals surface area contributed by atoms with Gasteiger partial charge in [0.1, 0.15) is 5.82 Å². The van der Waals surface area contributed by atoms with Crippen LogP contribution in [0, 0.1) is 11.8 Å². The van der Waals surface area contributed by atoms with Crippen molar-refractivity contribution >= 4 is 28.2 Å². The predicted molar refractivity (Wildman–Crippen MR) is 101 cm³/mol. The van der Waals surface area contributed by atoms with E-state index in [2.05, 4.69) is 21.8 Å². The summed E-state index contributed by atoms with van der Waals surface area (Å²) in [5.74, 6) is 6.69. The van der Waals surface area contributed by atoms with Crippen molar-refractivity contribution in [3.8, 4) is 17.5 Å². The number of aromatic nitrogens is 3. The number of benzene rings is 2. The lowest BCUT2D eigenvalue weighted by Gasteiger charge is -2.04. The highest BCUT2D eigenvalue weighted by molar-refractivity contribution is 6.31. The first-order valence-electron chi connectivity index (χ1n) is 7.65. The maximum absolute atomic E-state index is 6.11. The van der Waals surface area contributed by atoms with Gasteiger partial charge in [-0.3, -0.25) is 0 Å². The number of hydrogen-bond donors (Lipinski definition) is 1. The fourth-order valence-electron chi connectivity index (χ4n) is 2.59. The summed E-state index contributed by atoms with van der Waals surface area (Å²) in [4.78, 5) is 8.27. The third kappa shape index (κ3) is 3.06. The Labute approximate surface area is 149 Å². The lowest BCUT2D eigenvalue weighted by molar-refractivity contribution is 1.06. The summed E-state index contributed by atoms with van der Waals surface area (Å²) < 4.78 is 1.94. The molecule has 0 unspecified atom stereocenters. The summed E-state index contributed by atoms with van der Waals surface area (Å²) >= 11 is 6.11. The normalized spacial score (nSPS) is 10.4. The first-order valence-corrected chi connectivity index (χ1v) is 8.03. The molecule has 0 atom stereocenters. The summed E-state index contributed by atoms with van der Waals surface area (Å²) in [6.07, 6.45) is 7.13. The van der Waals surface area contributed by atoms with Gasteiger partial charge in [0, 0.05) is 45.6 Å². The van der Waals surface area contributed by atoms with E-state index in [0.717, 1.165) is 22.0 Å². The zero-order valence-corrected chi connectivity index (χ0v) is 13.9. The van der Waals surface area contributed by atoms with E-state index >= 15 is 0 Å². The molecule has 5 heteroatoms. The van der Waals surface area contributed by atoms with Crippen LogP contribution in [0.1, 0.15) is 11.1 Å². The molecule has 0 amide bonds. The van der Waals surface area contributed by atoms with Gasteiger partial charge < -0.3 is 10.3 Å². The minimum absolute atomic E-state index is 0.400. The summed E-state index contributed by atoms with van der Waals surface area (Å²) in [5.41, 5.74) is 8.64. The first kappa shape index (κ1) is 15.3. The molecular weight excluding hydrogens is 332 g/mol. The van der Waals surface area contributed by atoms with E-state index < -0.39 is 0 Å². The van der Waals surface area contributed by atoms with Gasteiger partial charge >= 0.3 is 0 Å². The molecule has 4 rings (SSSR count). The van der Waals surface area contributed by atoms with Gasteiger partial charge in [0.05, 0.1) is 11.9 Å². The molecule has 2 heterocycles. The molecule has 25 heavy (non-hydrogen) atoms. The molecule has 0 spiro atoms. The molecule has 0 radical (unpaired) electrons. The Bertz CT molecular complexity index is 1100. The van der Waals surface area contributed by atoms with Crippen LogP contribution in [0.25, 0.3) is 16.5 Å².